The molecule has 0 fully saturated rings. The van der Waals surface area contributed by atoms with Crippen LogP contribution < -0.4 is 19.2 Å². The van der Waals surface area contributed by atoms with E-state index in [1.54, 1.807) is 43.3 Å². The first-order valence-electron chi connectivity index (χ1n) is 11.7. The summed E-state index contributed by atoms with van der Waals surface area (Å²) in [4.78, 5) is 12.9. The summed E-state index contributed by atoms with van der Waals surface area (Å²) in [6.07, 6.45) is 2.40. The monoisotopic (exact) mass is 509 g/mol. The quantitative estimate of drug-likeness (QED) is 0.286. The van der Waals surface area contributed by atoms with Crippen molar-refractivity contribution in [3.05, 3.63) is 83.9 Å². The molecular weight excluding hydrogens is 478 g/mol. The zero-order valence-corrected chi connectivity index (χ0v) is 21.5. The van der Waals surface area contributed by atoms with Crippen molar-refractivity contribution in [2.75, 3.05) is 24.1 Å². The average molecular weight is 510 g/mol. The standard InChI is InChI=1S/C27H31N3O5S/c1-4-18-35-23-14-12-22(13-15-23)19-28-29-27(31)20-30(25-8-6-7-9-26(25)34-5-2)36(32,33)24-16-10-21(3)11-17-24/h6-17,19H,4-5,18,20H2,1-3H3,(H,29,31)/b28-19-. The number of anilines is 1. The molecule has 1 N–H and O–H groups in total. The third-order valence-electron chi connectivity index (χ3n) is 5.09. The molecule has 0 spiro atoms. The molecule has 0 saturated carbocycles. The van der Waals surface area contributed by atoms with E-state index in [1.165, 1.54) is 18.3 Å². The highest BCUT2D eigenvalue weighted by Gasteiger charge is 2.29. The molecular formula is C27H31N3O5S. The van der Waals surface area contributed by atoms with Crippen LogP contribution in [0.4, 0.5) is 5.69 Å². The van der Waals surface area contributed by atoms with Gasteiger partial charge in [0, 0.05) is 0 Å². The van der Waals surface area contributed by atoms with Crippen LogP contribution in [0.15, 0.2) is 82.8 Å². The van der Waals surface area contributed by atoms with Gasteiger partial charge in [0.15, 0.2) is 0 Å². The zero-order chi connectivity index (χ0) is 26.0. The van der Waals surface area contributed by atoms with Gasteiger partial charge in [0.25, 0.3) is 15.9 Å². The number of hydrogen-bond acceptors (Lipinski definition) is 6. The van der Waals surface area contributed by atoms with Crippen molar-refractivity contribution >= 4 is 27.8 Å². The summed E-state index contributed by atoms with van der Waals surface area (Å²) < 4.78 is 39.4. The number of benzene rings is 3. The second-order valence-electron chi connectivity index (χ2n) is 7.94. The van der Waals surface area contributed by atoms with Gasteiger partial charge >= 0.3 is 0 Å². The molecule has 0 atom stereocenters. The maximum Gasteiger partial charge on any atom is 0.264 e. The highest BCUT2D eigenvalue weighted by molar-refractivity contribution is 7.92. The molecule has 0 heterocycles. The van der Waals surface area contributed by atoms with E-state index in [9.17, 15) is 13.2 Å². The van der Waals surface area contributed by atoms with Gasteiger partial charge in [0.05, 0.1) is 30.0 Å². The van der Waals surface area contributed by atoms with E-state index in [2.05, 4.69) is 10.5 Å². The fourth-order valence-corrected chi connectivity index (χ4v) is 4.72. The number of hydrazone groups is 1. The minimum Gasteiger partial charge on any atom is -0.494 e. The number of sulfonamides is 1. The van der Waals surface area contributed by atoms with Crippen LogP contribution in [0.5, 0.6) is 11.5 Å². The van der Waals surface area contributed by atoms with E-state index in [4.69, 9.17) is 9.47 Å². The van der Waals surface area contributed by atoms with E-state index in [1.807, 2.05) is 38.1 Å². The second kappa shape index (κ2) is 12.7. The van der Waals surface area contributed by atoms with Crippen molar-refractivity contribution in [2.24, 2.45) is 5.10 Å². The van der Waals surface area contributed by atoms with Gasteiger partial charge in [-0.3, -0.25) is 9.10 Å². The van der Waals surface area contributed by atoms with Crippen LogP contribution in [0.3, 0.4) is 0 Å². The van der Waals surface area contributed by atoms with Crippen molar-refractivity contribution in [3.63, 3.8) is 0 Å². The van der Waals surface area contributed by atoms with E-state index in [-0.39, 0.29) is 10.6 Å². The van der Waals surface area contributed by atoms with Crippen LogP contribution in [0, 0.1) is 6.92 Å². The number of carbonyl (C=O) groups is 1. The number of amides is 1. The zero-order valence-electron chi connectivity index (χ0n) is 20.7. The van der Waals surface area contributed by atoms with E-state index >= 15 is 0 Å². The van der Waals surface area contributed by atoms with Gasteiger partial charge in [-0.2, -0.15) is 5.10 Å². The lowest BCUT2D eigenvalue weighted by Gasteiger charge is -2.25. The molecule has 3 rings (SSSR count). The number of carbonyl (C=O) groups excluding carboxylic acids is 1. The Morgan fingerprint density at radius 2 is 1.67 bits per heavy atom. The van der Waals surface area contributed by atoms with Gasteiger partial charge < -0.3 is 9.47 Å². The molecule has 0 bridgehead atoms. The lowest BCUT2D eigenvalue weighted by molar-refractivity contribution is -0.119. The van der Waals surface area contributed by atoms with Crippen LogP contribution in [-0.4, -0.2) is 40.3 Å². The first-order valence-corrected chi connectivity index (χ1v) is 13.1. The second-order valence-corrected chi connectivity index (χ2v) is 9.80. The van der Waals surface area contributed by atoms with Crippen molar-refractivity contribution in [2.45, 2.75) is 32.1 Å². The summed E-state index contributed by atoms with van der Waals surface area (Å²) >= 11 is 0. The van der Waals surface area contributed by atoms with Gasteiger partial charge in [-0.05, 0) is 74.4 Å². The van der Waals surface area contributed by atoms with Crippen LogP contribution in [0.2, 0.25) is 0 Å². The molecule has 3 aromatic rings. The highest BCUT2D eigenvalue weighted by Crippen LogP contribution is 2.32. The number of nitrogens with zero attached hydrogens (tertiary/aromatic N) is 2. The minimum absolute atomic E-state index is 0.0704. The van der Waals surface area contributed by atoms with E-state index in [0.29, 0.717) is 19.0 Å². The molecule has 0 aliphatic rings. The van der Waals surface area contributed by atoms with Gasteiger partial charge in [-0.25, -0.2) is 13.8 Å². The Hall–Kier alpha value is -3.85. The smallest absolute Gasteiger partial charge is 0.264 e. The summed E-state index contributed by atoms with van der Waals surface area (Å²) in [6, 6.07) is 20.4. The Kier molecular flexibility index (Phi) is 9.46. The number of nitrogens with one attached hydrogen (secondary N) is 1. The van der Waals surface area contributed by atoms with E-state index in [0.717, 1.165) is 27.6 Å². The molecule has 0 unspecified atom stereocenters. The highest BCUT2D eigenvalue weighted by atomic mass is 32.2. The van der Waals surface area contributed by atoms with Crippen LogP contribution >= 0.6 is 0 Å². The Bertz CT molecular complexity index is 1270. The molecule has 36 heavy (non-hydrogen) atoms. The Morgan fingerprint density at radius 1 is 0.972 bits per heavy atom. The molecule has 0 aromatic heterocycles. The molecule has 0 radical (unpaired) electrons. The predicted molar refractivity (Wildman–Crippen MR) is 141 cm³/mol. The number of hydrogen-bond donors (Lipinski definition) is 1. The summed E-state index contributed by atoms with van der Waals surface area (Å²) in [7, 11) is -4.07. The van der Waals surface area contributed by atoms with E-state index < -0.39 is 22.5 Å². The lowest BCUT2D eigenvalue weighted by atomic mass is 10.2. The molecule has 0 saturated heterocycles. The summed E-state index contributed by atoms with van der Waals surface area (Å²) in [5.41, 5.74) is 4.36. The van der Waals surface area contributed by atoms with Gasteiger partial charge in [-0.1, -0.05) is 36.8 Å². The number of para-hydroxylation sites is 2. The largest absolute Gasteiger partial charge is 0.494 e. The summed E-state index contributed by atoms with van der Waals surface area (Å²) in [5, 5.41) is 3.99. The first kappa shape index (κ1) is 26.7. The normalized spacial score (nSPS) is 11.3. The molecule has 0 aliphatic carbocycles. The SMILES string of the molecule is CCCOc1ccc(/C=N\NC(=O)CN(c2ccccc2OCC)S(=O)(=O)c2ccc(C)cc2)cc1. The van der Waals surface area contributed by atoms with Crippen molar-refractivity contribution < 1.29 is 22.7 Å². The van der Waals surface area contributed by atoms with Crippen LogP contribution in [-0.2, 0) is 14.8 Å². The van der Waals surface area contributed by atoms with Crippen LogP contribution in [0.1, 0.15) is 31.4 Å². The van der Waals surface area contributed by atoms with Gasteiger partial charge in [0.2, 0.25) is 0 Å². The molecule has 0 aliphatic heterocycles. The topological polar surface area (TPSA) is 97.3 Å². The number of aryl methyl sites for hydroxylation is 1. The Balaban J connectivity index is 1.81. The molecule has 3 aromatic carbocycles. The van der Waals surface area contributed by atoms with Gasteiger partial charge in [0.1, 0.15) is 18.0 Å². The molecule has 190 valence electrons. The predicted octanol–water partition coefficient (Wildman–Crippen LogP) is 4.53. The third-order valence-corrected chi connectivity index (χ3v) is 6.86. The molecule has 9 heteroatoms. The Morgan fingerprint density at radius 3 is 2.33 bits per heavy atom. The summed E-state index contributed by atoms with van der Waals surface area (Å²) in [6.45, 7) is 6.20. The fourth-order valence-electron chi connectivity index (χ4n) is 3.29. The third kappa shape index (κ3) is 7.08. The van der Waals surface area contributed by atoms with Crippen LogP contribution in [0.25, 0.3) is 0 Å². The van der Waals surface area contributed by atoms with Crippen molar-refractivity contribution in [3.8, 4) is 11.5 Å². The first-order chi connectivity index (χ1) is 17.3. The fraction of sp³-hybridized carbons (Fsp3) is 0.259. The number of rotatable bonds is 12. The molecule has 1 amide bonds. The molecule has 8 nitrogen and oxygen atoms in total. The van der Waals surface area contributed by atoms with Gasteiger partial charge in [-0.15, -0.1) is 0 Å². The minimum atomic E-state index is -4.07. The Labute approximate surface area is 212 Å². The average Bonchev–Trinajstić information content (AvgIpc) is 2.88. The summed E-state index contributed by atoms with van der Waals surface area (Å²) in [5.74, 6) is 0.511. The lowest BCUT2D eigenvalue weighted by Crippen LogP contribution is -2.39. The van der Waals surface area contributed by atoms with Crippen molar-refractivity contribution in [1.82, 2.24) is 5.43 Å². The maximum absolute atomic E-state index is 13.6. The number of ether oxygens (including phenoxy) is 2. The maximum atomic E-state index is 13.6. The van der Waals surface area contributed by atoms with Crippen molar-refractivity contribution in [1.29, 1.82) is 0 Å².